The third kappa shape index (κ3) is 8.62. The first-order chi connectivity index (χ1) is 20.9. The van der Waals surface area contributed by atoms with Gasteiger partial charge in [0, 0.05) is 50.1 Å². The molecule has 4 atom stereocenters. The van der Waals surface area contributed by atoms with Crippen LogP contribution >= 0.6 is 0 Å². The summed E-state index contributed by atoms with van der Waals surface area (Å²) in [6.45, 7) is 2.16. The van der Waals surface area contributed by atoms with Gasteiger partial charge in [0.2, 0.25) is 11.8 Å². The minimum atomic E-state index is -0.601. The number of aliphatic hydroxyl groups is 2. The van der Waals surface area contributed by atoms with E-state index in [1.807, 2.05) is 48.5 Å². The van der Waals surface area contributed by atoms with Crippen LogP contribution in [0.4, 0.5) is 17.1 Å². The van der Waals surface area contributed by atoms with E-state index in [4.69, 9.17) is 15.2 Å². The van der Waals surface area contributed by atoms with Crippen molar-refractivity contribution in [3.63, 3.8) is 0 Å². The van der Waals surface area contributed by atoms with Gasteiger partial charge in [0.05, 0.1) is 36.3 Å². The van der Waals surface area contributed by atoms with Gasteiger partial charge in [-0.3, -0.25) is 14.5 Å². The number of para-hydroxylation sites is 2. The normalized spacial score (nSPS) is 22.3. The summed E-state index contributed by atoms with van der Waals surface area (Å²) in [6.07, 6.45) is 1.06. The van der Waals surface area contributed by atoms with E-state index in [9.17, 15) is 19.8 Å². The Morgan fingerprint density at radius 1 is 0.907 bits per heavy atom. The van der Waals surface area contributed by atoms with Crippen molar-refractivity contribution < 1.29 is 29.3 Å². The molecule has 5 rings (SSSR count). The van der Waals surface area contributed by atoms with Crippen LogP contribution in [0.2, 0.25) is 0 Å². The number of anilines is 3. The van der Waals surface area contributed by atoms with Gasteiger partial charge in [-0.25, -0.2) is 0 Å². The number of nitrogens with one attached hydrogen (secondary N) is 2. The lowest BCUT2D eigenvalue weighted by Crippen LogP contribution is -2.38. The zero-order valence-corrected chi connectivity index (χ0v) is 24.2. The molecule has 228 valence electrons. The highest BCUT2D eigenvalue weighted by Gasteiger charge is 2.34. The van der Waals surface area contributed by atoms with Gasteiger partial charge < -0.3 is 36.1 Å². The Morgan fingerprint density at radius 2 is 1.60 bits per heavy atom. The number of ether oxygens (including phenoxy) is 2. The van der Waals surface area contributed by atoms with Crippen molar-refractivity contribution in [3.8, 4) is 0 Å². The van der Waals surface area contributed by atoms with E-state index in [-0.39, 0.29) is 49.6 Å². The quantitative estimate of drug-likeness (QED) is 0.210. The number of carbonyl (C=O) groups excluding carboxylic acids is 2. The molecule has 2 aliphatic heterocycles. The second-order valence-corrected chi connectivity index (χ2v) is 11.2. The molecule has 2 fully saturated rings. The predicted octanol–water partition coefficient (Wildman–Crippen LogP) is 4.12. The molecule has 3 aromatic rings. The number of rotatable bonds is 11. The lowest BCUT2D eigenvalue weighted by Gasteiger charge is -2.37. The lowest BCUT2D eigenvalue weighted by atomic mass is 9.99. The number of aliphatic hydroxyl groups excluding tert-OH is 2. The molecular weight excluding hydrogens is 548 g/mol. The average molecular weight is 589 g/mol. The van der Waals surface area contributed by atoms with Crippen molar-refractivity contribution in [1.29, 1.82) is 0 Å². The molecule has 2 aliphatic rings. The third-order valence-electron chi connectivity index (χ3n) is 7.83. The van der Waals surface area contributed by atoms with Crippen LogP contribution in [0.1, 0.15) is 61.2 Å². The maximum absolute atomic E-state index is 12.5. The monoisotopic (exact) mass is 588 g/mol. The van der Waals surface area contributed by atoms with Crippen LogP contribution in [0, 0.1) is 0 Å². The minimum Gasteiger partial charge on any atom is -0.397 e. The van der Waals surface area contributed by atoms with E-state index in [0.29, 0.717) is 43.0 Å². The van der Waals surface area contributed by atoms with Gasteiger partial charge in [0.25, 0.3) is 0 Å². The number of amides is 2. The predicted molar refractivity (Wildman–Crippen MR) is 164 cm³/mol. The average Bonchev–Trinajstić information content (AvgIpc) is 3.42. The van der Waals surface area contributed by atoms with E-state index in [1.54, 1.807) is 24.3 Å². The smallest absolute Gasteiger partial charge is 0.224 e. The SMILES string of the molecule is Nc1ccccc1NC(=O)CCCC(=O)Nc1ccc([C@H]2O[C@@H](CN3CC[C@H](O)C3)C[C@@H](c3ccc(CO)cc3)O2)cc1. The molecule has 3 aromatic carbocycles. The van der Waals surface area contributed by atoms with Crippen molar-refractivity contribution in [2.45, 2.75) is 63.3 Å². The fourth-order valence-electron chi connectivity index (χ4n) is 5.48. The van der Waals surface area contributed by atoms with Crippen LogP contribution in [-0.4, -0.2) is 58.8 Å². The van der Waals surface area contributed by atoms with Crippen molar-refractivity contribution in [1.82, 2.24) is 4.90 Å². The second kappa shape index (κ2) is 14.6. The number of nitrogens with two attached hydrogens (primary N) is 1. The fraction of sp³-hybridized carbons (Fsp3) is 0.394. The van der Waals surface area contributed by atoms with Crippen molar-refractivity contribution >= 4 is 28.9 Å². The number of β-amino-alcohol motifs (C(OH)–C–C–N with tert-alkyl or cyclic N) is 1. The van der Waals surface area contributed by atoms with Crippen LogP contribution in [0.25, 0.3) is 0 Å². The Labute approximate surface area is 251 Å². The molecule has 10 nitrogen and oxygen atoms in total. The van der Waals surface area contributed by atoms with E-state index < -0.39 is 6.29 Å². The molecule has 0 radical (unpaired) electrons. The highest BCUT2D eigenvalue weighted by atomic mass is 16.7. The Hall–Kier alpha value is -3.80. The summed E-state index contributed by atoms with van der Waals surface area (Å²) in [4.78, 5) is 27.0. The highest BCUT2D eigenvalue weighted by molar-refractivity contribution is 5.94. The number of hydrogen-bond donors (Lipinski definition) is 5. The van der Waals surface area contributed by atoms with Gasteiger partial charge in [-0.15, -0.1) is 0 Å². The first-order valence-electron chi connectivity index (χ1n) is 14.8. The standard InChI is InChI=1S/C33H40N4O6/c34-28-4-1-2-5-29(28)36-32(41)7-3-6-31(40)35-25-14-12-24(13-15-25)33-42-27(20-37-17-16-26(39)19-37)18-30(43-33)23-10-8-22(21-38)9-11-23/h1-2,4-5,8-15,26-27,30,33,38-39H,3,6-7,16-21,34H2,(H,35,40)(H,36,41)/t26-,27+,30-,33-/m0/s1. The summed E-state index contributed by atoms with van der Waals surface area (Å²) in [5, 5.41) is 25.1. The van der Waals surface area contributed by atoms with E-state index in [0.717, 1.165) is 29.7 Å². The summed E-state index contributed by atoms with van der Waals surface area (Å²) in [5.74, 6) is -0.367. The van der Waals surface area contributed by atoms with Gasteiger partial charge >= 0.3 is 0 Å². The van der Waals surface area contributed by atoms with Crippen molar-refractivity contribution in [2.75, 3.05) is 36.0 Å². The molecule has 0 spiro atoms. The fourth-order valence-corrected chi connectivity index (χ4v) is 5.48. The molecule has 2 amide bonds. The Morgan fingerprint density at radius 3 is 2.28 bits per heavy atom. The maximum atomic E-state index is 12.5. The van der Waals surface area contributed by atoms with E-state index in [2.05, 4.69) is 15.5 Å². The Bertz CT molecular complexity index is 1370. The summed E-state index contributed by atoms with van der Waals surface area (Å²) >= 11 is 0. The highest BCUT2D eigenvalue weighted by Crippen LogP contribution is 2.38. The summed E-state index contributed by atoms with van der Waals surface area (Å²) in [6, 6.07) is 22.2. The van der Waals surface area contributed by atoms with Crippen molar-refractivity contribution in [3.05, 3.63) is 89.5 Å². The largest absolute Gasteiger partial charge is 0.397 e. The molecule has 2 saturated heterocycles. The molecule has 6 N–H and O–H groups in total. The summed E-state index contributed by atoms with van der Waals surface area (Å²) in [5.41, 5.74) is 10.3. The molecule has 0 bridgehead atoms. The van der Waals surface area contributed by atoms with Crippen LogP contribution in [0.3, 0.4) is 0 Å². The number of carbonyl (C=O) groups is 2. The molecule has 0 unspecified atom stereocenters. The molecule has 0 aromatic heterocycles. The molecule has 0 aliphatic carbocycles. The van der Waals surface area contributed by atoms with Gasteiger partial charge in [0.1, 0.15) is 0 Å². The first-order valence-corrected chi connectivity index (χ1v) is 14.8. The number of benzene rings is 3. The number of likely N-dealkylation sites (tertiary alicyclic amines) is 1. The summed E-state index contributed by atoms with van der Waals surface area (Å²) < 4.78 is 12.8. The van der Waals surface area contributed by atoms with Crippen LogP contribution < -0.4 is 16.4 Å². The van der Waals surface area contributed by atoms with E-state index in [1.165, 1.54) is 0 Å². The Kier molecular flexibility index (Phi) is 10.4. The van der Waals surface area contributed by atoms with Gasteiger partial charge in [-0.2, -0.15) is 0 Å². The topological polar surface area (TPSA) is 146 Å². The van der Waals surface area contributed by atoms with Gasteiger partial charge in [0.15, 0.2) is 6.29 Å². The van der Waals surface area contributed by atoms with Crippen LogP contribution in [0.5, 0.6) is 0 Å². The molecule has 10 heteroatoms. The molecule has 2 heterocycles. The Balaban J connectivity index is 1.16. The van der Waals surface area contributed by atoms with Gasteiger partial charge in [-0.05, 0) is 48.2 Å². The van der Waals surface area contributed by atoms with Crippen LogP contribution in [0.15, 0.2) is 72.8 Å². The zero-order valence-electron chi connectivity index (χ0n) is 24.2. The molecular formula is C33H40N4O6. The number of nitrogen functional groups attached to an aromatic ring is 1. The molecule has 43 heavy (non-hydrogen) atoms. The maximum Gasteiger partial charge on any atom is 0.224 e. The minimum absolute atomic E-state index is 0.0144. The number of nitrogens with zero attached hydrogens (tertiary/aromatic N) is 1. The second-order valence-electron chi connectivity index (χ2n) is 11.2. The first kappa shape index (κ1) is 30.7. The van der Waals surface area contributed by atoms with Crippen molar-refractivity contribution in [2.24, 2.45) is 0 Å². The molecule has 0 saturated carbocycles. The number of hydrogen-bond acceptors (Lipinski definition) is 8. The summed E-state index contributed by atoms with van der Waals surface area (Å²) in [7, 11) is 0. The third-order valence-corrected chi connectivity index (χ3v) is 7.83. The van der Waals surface area contributed by atoms with Crippen LogP contribution in [-0.2, 0) is 25.7 Å². The lowest BCUT2D eigenvalue weighted by molar-refractivity contribution is -0.252. The van der Waals surface area contributed by atoms with E-state index >= 15 is 0 Å². The van der Waals surface area contributed by atoms with Gasteiger partial charge in [-0.1, -0.05) is 48.5 Å². The zero-order chi connectivity index (χ0) is 30.2.